The Kier molecular flexibility index (Phi) is 2.46. The maximum absolute atomic E-state index is 4.38. The maximum Gasteiger partial charge on any atom is 0.202 e. The number of hydrogen-bond donors (Lipinski definition) is 3. The molecule has 2 aromatic heterocycles. The van der Waals surface area contributed by atoms with Gasteiger partial charge in [0.05, 0.1) is 5.52 Å². The van der Waals surface area contributed by atoms with Gasteiger partial charge < -0.3 is 15.6 Å². The first kappa shape index (κ1) is 9.59. The second-order valence-electron chi connectivity index (χ2n) is 4.20. The summed E-state index contributed by atoms with van der Waals surface area (Å²) in [7, 11) is 0. The molecule has 3 N–H and O–H groups in total. The van der Waals surface area contributed by atoms with E-state index >= 15 is 0 Å². The topological polar surface area (TPSA) is 65.6 Å². The van der Waals surface area contributed by atoms with Crippen LogP contribution in [0.3, 0.4) is 0 Å². The quantitative estimate of drug-likeness (QED) is 0.717. The van der Waals surface area contributed by atoms with E-state index in [-0.39, 0.29) is 0 Å². The van der Waals surface area contributed by atoms with Crippen LogP contribution in [0.15, 0.2) is 18.3 Å². The molecule has 5 nitrogen and oxygen atoms in total. The van der Waals surface area contributed by atoms with Crippen molar-refractivity contribution in [3.63, 3.8) is 0 Å². The summed E-state index contributed by atoms with van der Waals surface area (Å²) in [5.74, 6) is 1.53. The van der Waals surface area contributed by atoms with Crippen molar-refractivity contribution < 1.29 is 0 Å². The van der Waals surface area contributed by atoms with E-state index in [4.69, 9.17) is 0 Å². The van der Waals surface area contributed by atoms with Gasteiger partial charge in [0.25, 0.3) is 0 Å². The summed E-state index contributed by atoms with van der Waals surface area (Å²) in [4.78, 5) is 11.8. The number of aromatic nitrogens is 3. The van der Waals surface area contributed by atoms with Crippen LogP contribution in [0.25, 0.3) is 11.2 Å². The molecule has 1 fully saturated rings. The zero-order valence-corrected chi connectivity index (χ0v) is 9.03. The van der Waals surface area contributed by atoms with Gasteiger partial charge in [0.1, 0.15) is 0 Å². The summed E-state index contributed by atoms with van der Waals surface area (Å²) < 4.78 is 0. The molecular weight excluding hydrogens is 202 g/mol. The number of rotatable bonds is 3. The molecule has 0 saturated carbocycles. The number of nitrogens with zero attached hydrogens (tertiary/aromatic N) is 2. The molecule has 1 aliphatic heterocycles. The molecule has 5 heteroatoms. The average molecular weight is 217 g/mol. The highest BCUT2D eigenvalue weighted by Gasteiger charge is 2.14. The SMILES string of the molecule is c1cnc2nc(NC[C@@H]3CCNC3)[nH]c2c1. The summed E-state index contributed by atoms with van der Waals surface area (Å²) in [5, 5.41) is 6.68. The van der Waals surface area contributed by atoms with Crippen LogP contribution in [0.2, 0.25) is 0 Å². The minimum Gasteiger partial charge on any atom is -0.355 e. The average Bonchev–Trinajstić information content (AvgIpc) is 2.95. The fraction of sp³-hybridized carbons (Fsp3) is 0.455. The highest BCUT2D eigenvalue weighted by atomic mass is 15.1. The lowest BCUT2D eigenvalue weighted by atomic mass is 10.1. The van der Waals surface area contributed by atoms with Crippen LogP contribution in [0.4, 0.5) is 5.95 Å². The second kappa shape index (κ2) is 4.09. The van der Waals surface area contributed by atoms with E-state index in [2.05, 4.69) is 25.6 Å². The van der Waals surface area contributed by atoms with E-state index in [0.717, 1.165) is 36.7 Å². The van der Waals surface area contributed by atoms with Crippen LogP contribution in [0, 0.1) is 5.92 Å². The van der Waals surface area contributed by atoms with Gasteiger partial charge >= 0.3 is 0 Å². The lowest BCUT2D eigenvalue weighted by Crippen LogP contribution is -2.17. The smallest absolute Gasteiger partial charge is 0.202 e. The van der Waals surface area contributed by atoms with Crippen molar-refractivity contribution in [3.05, 3.63) is 18.3 Å². The first-order valence-electron chi connectivity index (χ1n) is 5.67. The third-order valence-corrected chi connectivity index (χ3v) is 2.98. The number of imidazole rings is 1. The van der Waals surface area contributed by atoms with Gasteiger partial charge in [-0.3, -0.25) is 0 Å². The first-order valence-corrected chi connectivity index (χ1v) is 5.67. The van der Waals surface area contributed by atoms with Gasteiger partial charge in [-0.15, -0.1) is 0 Å². The predicted molar refractivity (Wildman–Crippen MR) is 63.4 cm³/mol. The van der Waals surface area contributed by atoms with Gasteiger partial charge in [-0.2, -0.15) is 4.98 Å². The van der Waals surface area contributed by atoms with Crippen molar-refractivity contribution in [2.75, 3.05) is 25.0 Å². The Bertz CT molecular complexity index is 439. The predicted octanol–water partition coefficient (Wildman–Crippen LogP) is 0.979. The molecule has 0 unspecified atom stereocenters. The third kappa shape index (κ3) is 1.86. The summed E-state index contributed by atoms with van der Waals surface area (Å²) in [6.45, 7) is 3.20. The number of H-pyrrole nitrogens is 1. The van der Waals surface area contributed by atoms with E-state index in [1.165, 1.54) is 6.42 Å². The van der Waals surface area contributed by atoms with Crippen molar-refractivity contribution in [2.45, 2.75) is 6.42 Å². The summed E-state index contributed by atoms with van der Waals surface area (Å²) in [6, 6.07) is 3.89. The van der Waals surface area contributed by atoms with Crippen molar-refractivity contribution in [1.82, 2.24) is 20.3 Å². The Hall–Kier alpha value is -1.62. The fourth-order valence-corrected chi connectivity index (χ4v) is 2.06. The molecule has 1 aliphatic rings. The fourth-order valence-electron chi connectivity index (χ4n) is 2.06. The zero-order valence-electron chi connectivity index (χ0n) is 9.03. The molecule has 16 heavy (non-hydrogen) atoms. The lowest BCUT2D eigenvalue weighted by molar-refractivity contribution is 0.613. The van der Waals surface area contributed by atoms with Gasteiger partial charge in [-0.1, -0.05) is 0 Å². The Morgan fingerprint density at radius 2 is 2.50 bits per heavy atom. The third-order valence-electron chi connectivity index (χ3n) is 2.98. The minimum atomic E-state index is 0.709. The van der Waals surface area contributed by atoms with Gasteiger partial charge in [0.2, 0.25) is 5.95 Å². The zero-order chi connectivity index (χ0) is 10.8. The van der Waals surface area contributed by atoms with Crippen LogP contribution in [-0.2, 0) is 0 Å². The molecule has 0 amide bonds. The van der Waals surface area contributed by atoms with Crippen LogP contribution in [0.1, 0.15) is 6.42 Å². The molecule has 0 aliphatic carbocycles. The molecule has 0 bridgehead atoms. The Morgan fingerprint density at radius 1 is 1.50 bits per heavy atom. The standard InChI is InChI=1S/C11H15N5/c1-2-9-10(13-4-1)16-11(15-9)14-7-8-3-5-12-6-8/h1-2,4,8,12H,3,5-7H2,(H2,13,14,15,16)/t8-/m1/s1. The molecule has 0 radical (unpaired) electrons. The normalized spacial score (nSPS) is 20.4. The summed E-state index contributed by atoms with van der Waals surface area (Å²) >= 11 is 0. The van der Waals surface area contributed by atoms with Crippen LogP contribution >= 0.6 is 0 Å². The van der Waals surface area contributed by atoms with Gasteiger partial charge in [-0.25, -0.2) is 4.98 Å². The monoisotopic (exact) mass is 217 g/mol. The molecule has 0 aromatic carbocycles. The summed E-state index contributed by atoms with van der Waals surface area (Å²) in [5.41, 5.74) is 1.75. The van der Waals surface area contributed by atoms with Crippen LogP contribution in [0.5, 0.6) is 0 Å². The Labute approximate surface area is 93.7 Å². The molecule has 1 saturated heterocycles. The highest BCUT2D eigenvalue weighted by Crippen LogP contribution is 2.12. The van der Waals surface area contributed by atoms with E-state index in [1.54, 1.807) is 6.20 Å². The van der Waals surface area contributed by atoms with Crippen molar-refractivity contribution in [3.8, 4) is 0 Å². The molecule has 3 rings (SSSR count). The van der Waals surface area contributed by atoms with E-state index < -0.39 is 0 Å². The number of anilines is 1. The number of pyridine rings is 1. The van der Waals surface area contributed by atoms with Crippen LogP contribution in [-0.4, -0.2) is 34.6 Å². The largest absolute Gasteiger partial charge is 0.355 e. The number of hydrogen-bond acceptors (Lipinski definition) is 4. The molecule has 3 heterocycles. The van der Waals surface area contributed by atoms with E-state index in [9.17, 15) is 0 Å². The van der Waals surface area contributed by atoms with Crippen molar-refractivity contribution in [2.24, 2.45) is 5.92 Å². The van der Waals surface area contributed by atoms with E-state index in [0.29, 0.717) is 5.92 Å². The van der Waals surface area contributed by atoms with Gasteiger partial charge in [0, 0.05) is 12.7 Å². The highest BCUT2D eigenvalue weighted by molar-refractivity contribution is 5.72. The van der Waals surface area contributed by atoms with Crippen molar-refractivity contribution in [1.29, 1.82) is 0 Å². The first-order chi connectivity index (χ1) is 7.92. The summed E-state index contributed by atoms with van der Waals surface area (Å²) in [6.07, 6.45) is 3.00. The molecule has 1 atom stereocenters. The van der Waals surface area contributed by atoms with E-state index in [1.807, 2.05) is 12.1 Å². The molecule has 2 aromatic rings. The lowest BCUT2D eigenvalue weighted by Gasteiger charge is -2.07. The molecular formula is C11H15N5. The molecule has 84 valence electrons. The number of aromatic amines is 1. The Morgan fingerprint density at radius 3 is 3.31 bits per heavy atom. The Balaban J connectivity index is 1.69. The minimum absolute atomic E-state index is 0.709. The second-order valence-corrected chi connectivity index (χ2v) is 4.20. The van der Waals surface area contributed by atoms with Crippen LogP contribution < -0.4 is 10.6 Å². The van der Waals surface area contributed by atoms with Crippen molar-refractivity contribution >= 4 is 17.1 Å². The molecule has 0 spiro atoms. The van der Waals surface area contributed by atoms with Gasteiger partial charge in [-0.05, 0) is 37.6 Å². The number of fused-ring (bicyclic) bond motifs is 1. The van der Waals surface area contributed by atoms with Gasteiger partial charge in [0.15, 0.2) is 5.65 Å². The maximum atomic E-state index is 4.38. The number of nitrogens with one attached hydrogen (secondary N) is 3.